The lowest BCUT2D eigenvalue weighted by atomic mass is 10.1. The van der Waals surface area contributed by atoms with Crippen molar-refractivity contribution in [3.8, 4) is 0 Å². The maximum absolute atomic E-state index is 4.27. The van der Waals surface area contributed by atoms with Gasteiger partial charge in [0.2, 0.25) is 0 Å². The molecule has 1 aromatic rings. The molecule has 0 bridgehead atoms. The van der Waals surface area contributed by atoms with E-state index in [1.165, 1.54) is 30.6 Å². The Balaban J connectivity index is 2.18. The minimum atomic E-state index is 0.486. The van der Waals surface area contributed by atoms with Crippen LogP contribution in [0.3, 0.4) is 0 Å². The molecule has 0 saturated heterocycles. The van der Waals surface area contributed by atoms with E-state index < -0.39 is 0 Å². The molecule has 19 heavy (non-hydrogen) atoms. The summed E-state index contributed by atoms with van der Waals surface area (Å²) in [6, 6.07) is 4.76. The smallest absolute Gasteiger partial charge is 0.191 e. The maximum atomic E-state index is 4.27. The van der Waals surface area contributed by atoms with Crippen molar-refractivity contribution in [3.05, 3.63) is 22.4 Å². The lowest BCUT2D eigenvalue weighted by Gasteiger charge is -2.17. The Morgan fingerprint density at radius 3 is 2.89 bits per heavy atom. The Kier molecular flexibility index (Phi) is 8.30. The monoisotopic (exact) mass is 281 g/mol. The van der Waals surface area contributed by atoms with E-state index in [9.17, 15) is 0 Å². The number of guanidine groups is 1. The third-order valence-electron chi connectivity index (χ3n) is 3.09. The SMILES string of the molecule is CCCCCC(C)NC(=NC)NCCc1cccs1. The lowest BCUT2D eigenvalue weighted by Crippen LogP contribution is -2.42. The zero-order chi connectivity index (χ0) is 13.9. The van der Waals surface area contributed by atoms with Gasteiger partial charge in [-0.05, 0) is 31.2 Å². The summed E-state index contributed by atoms with van der Waals surface area (Å²) in [5.74, 6) is 0.917. The molecular formula is C15H27N3S. The van der Waals surface area contributed by atoms with Crippen molar-refractivity contribution in [2.75, 3.05) is 13.6 Å². The van der Waals surface area contributed by atoms with Crippen LogP contribution in [-0.2, 0) is 6.42 Å². The summed E-state index contributed by atoms with van der Waals surface area (Å²) in [6.45, 7) is 5.40. The van der Waals surface area contributed by atoms with Crippen molar-refractivity contribution in [2.45, 2.75) is 52.0 Å². The predicted molar refractivity (Wildman–Crippen MR) is 86.1 cm³/mol. The fourth-order valence-electron chi connectivity index (χ4n) is 1.96. The van der Waals surface area contributed by atoms with Gasteiger partial charge in [0, 0.05) is 24.5 Å². The zero-order valence-corrected chi connectivity index (χ0v) is 13.2. The molecule has 108 valence electrons. The van der Waals surface area contributed by atoms with Gasteiger partial charge in [-0.2, -0.15) is 0 Å². The molecule has 0 aliphatic rings. The topological polar surface area (TPSA) is 36.4 Å². The number of hydrogen-bond acceptors (Lipinski definition) is 2. The second kappa shape index (κ2) is 9.84. The second-order valence-corrected chi connectivity index (χ2v) is 5.90. The fraction of sp³-hybridized carbons (Fsp3) is 0.667. The van der Waals surface area contributed by atoms with Crippen LogP contribution in [-0.4, -0.2) is 25.6 Å². The molecule has 1 atom stereocenters. The molecule has 2 N–H and O–H groups in total. The summed E-state index contributed by atoms with van der Waals surface area (Å²) >= 11 is 1.81. The Morgan fingerprint density at radius 2 is 2.26 bits per heavy atom. The van der Waals surface area contributed by atoms with Crippen LogP contribution < -0.4 is 10.6 Å². The minimum Gasteiger partial charge on any atom is -0.356 e. The van der Waals surface area contributed by atoms with Gasteiger partial charge in [-0.3, -0.25) is 4.99 Å². The highest BCUT2D eigenvalue weighted by molar-refractivity contribution is 7.09. The van der Waals surface area contributed by atoms with Gasteiger partial charge in [-0.25, -0.2) is 0 Å². The quantitative estimate of drug-likeness (QED) is 0.435. The van der Waals surface area contributed by atoms with E-state index in [1.807, 2.05) is 18.4 Å². The Hall–Kier alpha value is -1.03. The Morgan fingerprint density at radius 1 is 1.42 bits per heavy atom. The average molecular weight is 281 g/mol. The molecule has 1 aromatic heterocycles. The molecule has 0 saturated carbocycles. The van der Waals surface area contributed by atoms with Crippen LogP contribution in [0.1, 0.15) is 44.4 Å². The number of nitrogens with one attached hydrogen (secondary N) is 2. The Bertz CT molecular complexity index is 346. The molecule has 0 aliphatic heterocycles. The molecular weight excluding hydrogens is 254 g/mol. The summed E-state index contributed by atoms with van der Waals surface area (Å²) < 4.78 is 0. The van der Waals surface area contributed by atoms with Gasteiger partial charge >= 0.3 is 0 Å². The van der Waals surface area contributed by atoms with Crippen molar-refractivity contribution in [1.29, 1.82) is 0 Å². The van der Waals surface area contributed by atoms with Crippen molar-refractivity contribution >= 4 is 17.3 Å². The van der Waals surface area contributed by atoms with Gasteiger partial charge in [0.25, 0.3) is 0 Å². The molecule has 0 radical (unpaired) electrons. The standard InChI is InChI=1S/C15H27N3S/c1-4-5-6-8-13(2)18-15(16-3)17-11-10-14-9-7-12-19-14/h7,9,12-13H,4-6,8,10-11H2,1-3H3,(H2,16,17,18). The minimum absolute atomic E-state index is 0.486. The van der Waals surface area contributed by atoms with E-state index in [-0.39, 0.29) is 0 Å². The highest BCUT2D eigenvalue weighted by Gasteiger charge is 2.04. The molecule has 1 unspecified atom stereocenters. The lowest BCUT2D eigenvalue weighted by molar-refractivity contribution is 0.547. The zero-order valence-electron chi connectivity index (χ0n) is 12.4. The number of nitrogens with zero attached hydrogens (tertiary/aromatic N) is 1. The van der Waals surface area contributed by atoms with Crippen LogP contribution >= 0.6 is 11.3 Å². The number of hydrogen-bond donors (Lipinski definition) is 2. The van der Waals surface area contributed by atoms with Gasteiger partial charge in [0.1, 0.15) is 0 Å². The van der Waals surface area contributed by atoms with E-state index in [1.54, 1.807) is 0 Å². The molecule has 4 heteroatoms. The number of rotatable bonds is 8. The molecule has 0 aromatic carbocycles. The highest BCUT2D eigenvalue weighted by Crippen LogP contribution is 2.08. The summed E-state index contributed by atoms with van der Waals surface area (Å²) in [4.78, 5) is 5.69. The van der Waals surface area contributed by atoms with Crippen LogP contribution in [0.2, 0.25) is 0 Å². The first-order valence-corrected chi connectivity index (χ1v) is 8.13. The van der Waals surface area contributed by atoms with E-state index >= 15 is 0 Å². The highest BCUT2D eigenvalue weighted by atomic mass is 32.1. The van der Waals surface area contributed by atoms with Crippen molar-refractivity contribution < 1.29 is 0 Å². The van der Waals surface area contributed by atoms with Gasteiger partial charge in [-0.1, -0.05) is 32.3 Å². The number of aliphatic imine (C=N–C) groups is 1. The second-order valence-electron chi connectivity index (χ2n) is 4.87. The van der Waals surface area contributed by atoms with E-state index in [4.69, 9.17) is 0 Å². The van der Waals surface area contributed by atoms with Gasteiger partial charge in [0.15, 0.2) is 5.96 Å². The molecule has 0 amide bonds. The van der Waals surface area contributed by atoms with Gasteiger partial charge in [-0.15, -0.1) is 11.3 Å². The fourth-order valence-corrected chi connectivity index (χ4v) is 2.67. The first-order valence-electron chi connectivity index (χ1n) is 7.25. The number of thiophene rings is 1. The van der Waals surface area contributed by atoms with Crippen molar-refractivity contribution in [1.82, 2.24) is 10.6 Å². The average Bonchev–Trinajstić information content (AvgIpc) is 2.91. The third kappa shape index (κ3) is 7.21. The molecule has 3 nitrogen and oxygen atoms in total. The third-order valence-corrected chi connectivity index (χ3v) is 4.03. The predicted octanol–water partition coefficient (Wildman–Crippen LogP) is 3.42. The number of unbranched alkanes of at least 4 members (excludes halogenated alkanes) is 2. The first-order chi connectivity index (χ1) is 9.26. The summed E-state index contributed by atoms with van der Waals surface area (Å²) in [7, 11) is 1.83. The molecule has 1 heterocycles. The van der Waals surface area contributed by atoms with Crippen LogP contribution in [0.5, 0.6) is 0 Å². The van der Waals surface area contributed by atoms with Crippen LogP contribution in [0.15, 0.2) is 22.5 Å². The first kappa shape index (κ1) is 16.0. The normalized spacial score (nSPS) is 13.3. The van der Waals surface area contributed by atoms with Crippen molar-refractivity contribution in [2.24, 2.45) is 4.99 Å². The molecule has 0 spiro atoms. The maximum Gasteiger partial charge on any atom is 0.191 e. The molecule has 1 rings (SSSR count). The van der Waals surface area contributed by atoms with Crippen LogP contribution in [0.4, 0.5) is 0 Å². The summed E-state index contributed by atoms with van der Waals surface area (Å²) in [5.41, 5.74) is 0. The van der Waals surface area contributed by atoms with E-state index in [0.29, 0.717) is 6.04 Å². The van der Waals surface area contributed by atoms with E-state index in [2.05, 4.69) is 47.0 Å². The Labute approximate surface area is 121 Å². The molecule has 0 fully saturated rings. The van der Waals surface area contributed by atoms with Crippen LogP contribution in [0, 0.1) is 0 Å². The molecule has 0 aliphatic carbocycles. The van der Waals surface area contributed by atoms with Gasteiger partial charge in [0.05, 0.1) is 0 Å². The summed E-state index contributed by atoms with van der Waals surface area (Å²) in [5, 5.41) is 8.95. The summed E-state index contributed by atoms with van der Waals surface area (Å²) in [6.07, 6.45) is 6.15. The van der Waals surface area contributed by atoms with Crippen molar-refractivity contribution in [3.63, 3.8) is 0 Å². The van der Waals surface area contributed by atoms with Gasteiger partial charge < -0.3 is 10.6 Å². The van der Waals surface area contributed by atoms with Crippen LogP contribution in [0.25, 0.3) is 0 Å². The van der Waals surface area contributed by atoms with E-state index in [0.717, 1.165) is 18.9 Å². The largest absolute Gasteiger partial charge is 0.356 e.